The first kappa shape index (κ1) is 20.7. The Morgan fingerprint density at radius 3 is 2.81 bits per heavy atom. The van der Waals surface area contributed by atoms with E-state index in [4.69, 9.17) is 26.3 Å². The van der Waals surface area contributed by atoms with E-state index < -0.39 is 0 Å². The average Bonchev–Trinajstić information content (AvgIpc) is 3.23. The second kappa shape index (κ2) is 9.14. The van der Waals surface area contributed by atoms with Crippen LogP contribution in [0.25, 0.3) is 22.2 Å². The summed E-state index contributed by atoms with van der Waals surface area (Å²) in [6.45, 7) is 3.56. The van der Waals surface area contributed by atoms with Gasteiger partial charge in [-0.25, -0.2) is 9.37 Å². The van der Waals surface area contributed by atoms with Crippen LogP contribution >= 0.6 is 11.6 Å². The summed E-state index contributed by atoms with van der Waals surface area (Å²) in [5, 5.41) is 5.01. The maximum Gasteiger partial charge on any atom is 0.225 e. The van der Waals surface area contributed by atoms with E-state index in [1.807, 2.05) is 30.5 Å². The highest BCUT2D eigenvalue weighted by molar-refractivity contribution is 6.30. The number of morpholine rings is 1. The highest BCUT2D eigenvalue weighted by Gasteiger charge is 2.17. The fourth-order valence-corrected chi connectivity index (χ4v) is 4.14. The van der Waals surface area contributed by atoms with E-state index in [-0.39, 0.29) is 5.82 Å². The quantitative estimate of drug-likeness (QED) is 0.436. The van der Waals surface area contributed by atoms with Crippen LogP contribution in [0.5, 0.6) is 0 Å². The van der Waals surface area contributed by atoms with Crippen LogP contribution in [0.3, 0.4) is 0 Å². The van der Waals surface area contributed by atoms with Gasteiger partial charge in [0.15, 0.2) is 0 Å². The molecule has 2 N–H and O–H groups in total. The van der Waals surface area contributed by atoms with E-state index in [9.17, 15) is 4.39 Å². The van der Waals surface area contributed by atoms with Crippen molar-refractivity contribution in [2.75, 3.05) is 43.1 Å². The molecule has 0 bridgehead atoms. The van der Waals surface area contributed by atoms with E-state index in [1.54, 1.807) is 6.07 Å². The van der Waals surface area contributed by atoms with E-state index in [0.29, 0.717) is 25.7 Å². The van der Waals surface area contributed by atoms with Crippen LogP contribution in [0.2, 0.25) is 5.02 Å². The third-order valence-corrected chi connectivity index (χ3v) is 5.79. The predicted molar refractivity (Wildman–Crippen MR) is 126 cm³/mol. The number of nitrogens with one attached hydrogen (secondary N) is 2. The zero-order chi connectivity index (χ0) is 21.9. The summed E-state index contributed by atoms with van der Waals surface area (Å²) in [6.07, 6.45) is 2.67. The maximum atomic E-state index is 13.6. The number of rotatable bonds is 6. The minimum atomic E-state index is -0.272. The number of hydrogen-bond acceptors (Lipinski definition) is 5. The van der Waals surface area contributed by atoms with Crippen molar-refractivity contribution in [2.24, 2.45) is 0 Å². The Morgan fingerprint density at radius 2 is 1.97 bits per heavy atom. The van der Waals surface area contributed by atoms with Crippen molar-refractivity contribution >= 4 is 34.3 Å². The van der Waals surface area contributed by atoms with E-state index in [2.05, 4.69) is 21.3 Å². The van der Waals surface area contributed by atoms with Crippen molar-refractivity contribution in [1.82, 2.24) is 15.0 Å². The molecule has 0 saturated carbocycles. The number of nitrogens with zero attached hydrogens (tertiary/aromatic N) is 3. The highest BCUT2D eigenvalue weighted by atomic mass is 35.5. The molecule has 4 aromatic rings. The van der Waals surface area contributed by atoms with Crippen LogP contribution in [0.4, 0.5) is 16.2 Å². The Bertz CT molecular complexity index is 1240. The molecule has 3 heterocycles. The number of hydrogen-bond donors (Lipinski definition) is 2. The fraction of sp³-hybridized carbons (Fsp3) is 0.250. The molecule has 0 atom stereocenters. The first-order valence-electron chi connectivity index (χ1n) is 10.6. The Kier molecular flexibility index (Phi) is 5.92. The van der Waals surface area contributed by atoms with Crippen molar-refractivity contribution < 1.29 is 9.13 Å². The number of ether oxygens (including phenoxy) is 1. The molecular weight excluding hydrogens is 429 g/mol. The van der Waals surface area contributed by atoms with Gasteiger partial charge < -0.3 is 19.9 Å². The van der Waals surface area contributed by atoms with Crippen LogP contribution in [0, 0.1) is 5.82 Å². The molecule has 0 radical (unpaired) electrons. The van der Waals surface area contributed by atoms with Gasteiger partial charge >= 0.3 is 0 Å². The van der Waals surface area contributed by atoms with Crippen LogP contribution < -0.4 is 10.2 Å². The Morgan fingerprint density at radius 1 is 1.09 bits per heavy atom. The van der Waals surface area contributed by atoms with Gasteiger partial charge in [-0.1, -0.05) is 23.7 Å². The standard InChI is InChI=1S/C24H23ClFN5O/c25-17-3-1-2-16(12-17)6-7-27-24-29-22(14-23(30-24)31-8-10-32-11-9-31)20-15-28-21-13-18(26)4-5-19(20)21/h1-5,12-15,28H,6-11H2,(H,27,29,30). The summed E-state index contributed by atoms with van der Waals surface area (Å²) in [4.78, 5) is 14.9. The number of anilines is 2. The third-order valence-electron chi connectivity index (χ3n) is 5.55. The maximum absolute atomic E-state index is 13.6. The number of fused-ring (bicyclic) bond motifs is 1. The molecule has 1 aliphatic heterocycles. The Balaban J connectivity index is 1.45. The van der Waals surface area contributed by atoms with Gasteiger partial charge in [-0.05, 0) is 42.3 Å². The van der Waals surface area contributed by atoms with Gasteiger partial charge in [-0.3, -0.25) is 0 Å². The normalized spacial score (nSPS) is 14.1. The summed E-state index contributed by atoms with van der Waals surface area (Å²) in [5.74, 6) is 1.13. The molecule has 5 rings (SSSR count). The van der Waals surface area contributed by atoms with E-state index >= 15 is 0 Å². The highest BCUT2D eigenvalue weighted by Crippen LogP contribution is 2.30. The molecule has 32 heavy (non-hydrogen) atoms. The molecule has 0 amide bonds. The summed E-state index contributed by atoms with van der Waals surface area (Å²) >= 11 is 6.10. The summed E-state index contributed by atoms with van der Waals surface area (Å²) in [7, 11) is 0. The van der Waals surface area contributed by atoms with Crippen molar-refractivity contribution in [1.29, 1.82) is 0 Å². The molecule has 2 aromatic heterocycles. The molecule has 1 aliphatic rings. The predicted octanol–water partition coefficient (Wildman–Crippen LogP) is 4.91. The molecule has 2 aromatic carbocycles. The van der Waals surface area contributed by atoms with Gasteiger partial charge in [0.2, 0.25) is 5.95 Å². The molecule has 1 fully saturated rings. The summed E-state index contributed by atoms with van der Waals surface area (Å²) in [6, 6.07) is 14.6. The van der Waals surface area contributed by atoms with Gasteiger partial charge in [-0.2, -0.15) is 4.98 Å². The molecule has 164 valence electrons. The largest absolute Gasteiger partial charge is 0.378 e. The summed E-state index contributed by atoms with van der Waals surface area (Å²) < 4.78 is 19.1. The molecule has 0 spiro atoms. The lowest BCUT2D eigenvalue weighted by Gasteiger charge is -2.28. The van der Waals surface area contributed by atoms with Crippen molar-refractivity contribution in [3.8, 4) is 11.3 Å². The molecule has 0 aliphatic carbocycles. The van der Waals surface area contributed by atoms with Crippen LogP contribution in [-0.2, 0) is 11.2 Å². The first-order chi connectivity index (χ1) is 15.7. The zero-order valence-corrected chi connectivity index (χ0v) is 18.2. The SMILES string of the molecule is Fc1ccc2c(-c3cc(N4CCOCC4)nc(NCCc4cccc(Cl)c4)n3)c[nH]c2c1. The second-order valence-electron chi connectivity index (χ2n) is 7.73. The van der Waals surface area contributed by atoms with Gasteiger partial charge in [0.1, 0.15) is 11.6 Å². The van der Waals surface area contributed by atoms with Crippen LogP contribution in [-0.4, -0.2) is 47.8 Å². The van der Waals surface area contributed by atoms with Crippen molar-refractivity contribution in [2.45, 2.75) is 6.42 Å². The van der Waals surface area contributed by atoms with Crippen LogP contribution in [0.15, 0.2) is 54.7 Å². The Labute approximate surface area is 190 Å². The zero-order valence-electron chi connectivity index (χ0n) is 17.4. The number of aromatic nitrogens is 3. The second-order valence-corrected chi connectivity index (χ2v) is 8.17. The molecule has 8 heteroatoms. The average molecular weight is 452 g/mol. The smallest absolute Gasteiger partial charge is 0.225 e. The lowest BCUT2D eigenvalue weighted by Crippen LogP contribution is -2.37. The number of H-pyrrole nitrogens is 1. The lowest BCUT2D eigenvalue weighted by atomic mass is 10.1. The number of halogens is 2. The molecular formula is C24H23ClFN5O. The van der Waals surface area contributed by atoms with Crippen molar-refractivity contribution in [3.63, 3.8) is 0 Å². The minimum Gasteiger partial charge on any atom is -0.378 e. The van der Waals surface area contributed by atoms with Gasteiger partial charge in [-0.15, -0.1) is 0 Å². The van der Waals surface area contributed by atoms with E-state index in [1.165, 1.54) is 12.1 Å². The number of benzene rings is 2. The molecule has 0 unspecified atom stereocenters. The number of aromatic amines is 1. The molecule has 1 saturated heterocycles. The topological polar surface area (TPSA) is 66.1 Å². The van der Waals surface area contributed by atoms with Gasteiger partial charge in [0.05, 0.1) is 18.9 Å². The minimum absolute atomic E-state index is 0.272. The fourth-order valence-electron chi connectivity index (χ4n) is 3.93. The van der Waals surface area contributed by atoms with Crippen LogP contribution in [0.1, 0.15) is 5.56 Å². The third kappa shape index (κ3) is 4.54. The Hall–Kier alpha value is -3.16. The summed E-state index contributed by atoms with van der Waals surface area (Å²) in [5.41, 5.74) is 3.58. The van der Waals surface area contributed by atoms with Gasteiger partial charge in [0.25, 0.3) is 0 Å². The van der Waals surface area contributed by atoms with Gasteiger partial charge in [0, 0.05) is 53.4 Å². The van der Waals surface area contributed by atoms with E-state index in [0.717, 1.165) is 58.1 Å². The lowest BCUT2D eigenvalue weighted by molar-refractivity contribution is 0.122. The van der Waals surface area contributed by atoms with Crippen molar-refractivity contribution in [3.05, 3.63) is 71.1 Å². The first-order valence-corrected chi connectivity index (χ1v) is 11.0. The molecule has 6 nitrogen and oxygen atoms in total. The monoisotopic (exact) mass is 451 g/mol.